The van der Waals surface area contributed by atoms with Crippen LogP contribution in [-0.4, -0.2) is 41.8 Å². The molecule has 29 heavy (non-hydrogen) atoms. The number of halogens is 2. The summed E-state index contributed by atoms with van der Waals surface area (Å²) < 4.78 is 13.6. The minimum absolute atomic E-state index is 0. The summed E-state index contributed by atoms with van der Waals surface area (Å²) in [6.07, 6.45) is 4.33. The highest BCUT2D eigenvalue weighted by atomic mass is 79.9. The van der Waals surface area contributed by atoms with Crippen molar-refractivity contribution in [2.24, 2.45) is 0 Å². The predicted octanol–water partition coefficient (Wildman–Crippen LogP) is 0.765. The zero-order valence-corrected chi connectivity index (χ0v) is 18.5. The van der Waals surface area contributed by atoms with Gasteiger partial charge in [0, 0.05) is 23.1 Å². The van der Waals surface area contributed by atoms with Gasteiger partial charge in [0.15, 0.2) is 18.0 Å². The first-order valence-electron chi connectivity index (χ1n) is 9.94. The molecule has 0 fully saturated rings. The van der Waals surface area contributed by atoms with Gasteiger partial charge in [0.05, 0.1) is 6.54 Å². The summed E-state index contributed by atoms with van der Waals surface area (Å²) in [5, 5.41) is 12.5. The van der Waals surface area contributed by atoms with Crippen molar-refractivity contribution in [3.8, 4) is 11.5 Å². The van der Waals surface area contributed by atoms with Crippen LogP contribution in [0.4, 0.5) is 5.69 Å². The van der Waals surface area contributed by atoms with E-state index in [0.29, 0.717) is 24.8 Å². The molecule has 0 spiro atoms. The molecule has 0 amide bonds. The molecule has 7 heteroatoms. The lowest BCUT2D eigenvalue weighted by molar-refractivity contribution is -0.658. The van der Waals surface area contributed by atoms with E-state index in [2.05, 4.69) is 15.5 Å². The second-order valence-corrected chi connectivity index (χ2v) is 8.05. The number of nitrogens with zero attached hydrogens (tertiary/aromatic N) is 2. The van der Waals surface area contributed by atoms with Crippen molar-refractivity contribution in [1.29, 1.82) is 0 Å². The number of amidine groups is 1. The van der Waals surface area contributed by atoms with Crippen LogP contribution in [0.3, 0.4) is 0 Å². The minimum atomic E-state index is -1.07. The van der Waals surface area contributed by atoms with Crippen LogP contribution in [0.15, 0.2) is 42.5 Å². The molecular formula is C22H24BrClN2O3. The minimum Gasteiger partial charge on any atom is -1.00 e. The number of fused-ring (bicyclic) bond motifs is 1. The Morgan fingerprint density at radius 1 is 0.966 bits per heavy atom. The summed E-state index contributed by atoms with van der Waals surface area (Å²) in [7, 11) is 0. The SMILES string of the molecule is OC1(c2ccc(Cl)cc2)CN(c2ccc3c(c2)OCCO3)C2=[N+]1CCCCC2.[Br-]. The van der Waals surface area contributed by atoms with Gasteiger partial charge in [-0.05, 0) is 43.5 Å². The largest absolute Gasteiger partial charge is 1.00 e. The molecule has 3 heterocycles. The lowest BCUT2D eigenvalue weighted by atomic mass is 10.0. The predicted molar refractivity (Wildman–Crippen MR) is 109 cm³/mol. The highest BCUT2D eigenvalue weighted by Gasteiger charge is 2.52. The Kier molecular flexibility index (Phi) is 5.78. The third kappa shape index (κ3) is 3.62. The van der Waals surface area contributed by atoms with Gasteiger partial charge >= 0.3 is 0 Å². The van der Waals surface area contributed by atoms with E-state index in [4.69, 9.17) is 21.1 Å². The number of ether oxygens (including phenoxy) is 2. The quantitative estimate of drug-likeness (QED) is 0.646. The fraction of sp³-hybridized carbons (Fsp3) is 0.409. The average molecular weight is 480 g/mol. The number of anilines is 1. The lowest BCUT2D eigenvalue weighted by Crippen LogP contribution is -3.00. The lowest BCUT2D eigenvalue weighted by Gasteiger charge is -2.24. The van der Waals surface area contributed by atoms with E-state index in [1.165, 1.54) is 12.3 Å². The van der Waals surface area contributed by atoms with E-state index in [-0.39, 0.29) is 17.0 Å². The Bertz CT molecular complexity index is 934. The van der Waals surface area contributed by atoms with Crippen LogP contribution in [0.2, 0.25) is 5.02 Å². The number of benzene rings is 2. The van der Waals surface area contributed by atoms with Crippen LogP contribution in [-0.2, 0) is 5.72 Å². The number of rotatable bonds is 2. The molecule has 0 bridgehead atoms. The van der Waals surface area contributed by atoms with Gasteiger partial charge < -0.3 is 31.6 Å². The topological polar surface area (TPSA) is 44.9 Å². The number of β-amino-alcohol motifs (C(OH)–C–C–N with tert-alkyl or cyclic N) is 1. The summed E-state index contributed by atoms with van der Waals surface area (Å²) in [6, 6.07) is 13.6. The van der Waals surface area contributed by atoms with Crippen LogP contribution in [0.5, 0.6) is 11.5 Å². The summed E-state index contributed by atoms with van der Waals surface area (Å²) >= 11 is 6.08. The maximum absolute atomic E-state index is 11.8. The van der Waals surface area contributed by atoms with Crippen LogP contribution in [0.25, 0.3) is 0 Å². The van der Waals surface area contributed by atoms with Crippen molar-refractivity contribution in [2.75, 3.05) is 31.2 Å². The Balaban J connectivity index is 0.00000205. The number of hydrogen-bond donors (Lipinski definition) is 1. The Labute approximate surface area is 186 Å². The highest BCUT2D eigenvalue weighted by Crippen LogP contribution is 2.39. The van der Waals surface area contributed by atoms with E-state index in [1.807, 2.05) is 36.4 Å². The van der Waals surface area contributed by atoms with E-state index in [1.54, 1.807) is 0 Å². The maximum atomic E-state index is 11.8. The Hall–Kier alpha value is -1.76. The molecule has 1 unspecified atom stereocenters. The molecule has 1 atom stereocenters. The molecule has 1 N–H and O–H groups in total. The molecule has 3 aliphatic heterocycles. The van der Waals surface area contributed by atoms with Crippen molar-refractivity contribution in [1.82, 2.24) is 0 Å². The molecule has 2 aromatic carbocycles. The van der Waals surface area contributed by atoms with Crippen molar-refractivity contribution in [3.63, 3.8) is 0 Å². The molecule has 0 radical (unpaired) electrons. The Morgan fingerprint density at radius 3 is 2.52 bits per heavy atom. The monoisotopic (exact) mass is 478 g/mol. The Morgan fingerprint density at radius 2 is 1.72 bits per heavy atom. The van der Waals surface area contributed by atoms with Gasteiger partial charge in [-0.2, -0.15) is 0 Å². The van der Waals surface area contributed by atoms with Gasteiger partial charge in [-0.3, -0.25) is 0 Å². The average Bonchev–Trinajstić information content (AvgIpc) is 2.87. The van der Waals surface area contributed by atoms with Crippen LogP contribution in [0.1, 0.15) is 31.2 Å². The zero-order chi connectivity index (χ0) is 19.1. The van der Waals surface area contributed by atoms with Gasteiger partial charge in [0.1, 0.15) is 18.9 Å². The van der Waals surface area contributed by atoms with Crippen LogP contribution >= 0.6 is 11.6 Å². The van der Waals surface area contributed by atoms with Crippen molar-refractivity contribution < 1.29 is 36.1 Å². The summed E-state index contributed by atoms with van der Waals surface area (Å²) in [6.45, 7) is 2.46. The summed E-state index contributed by atoms with van der Waals surface area (Å²) in [5.41, 5.74) is 0.824. The standard InChI is InChI=1S/C22H24ClN2O3.BrH/c23-17-7-5-16(6-8-17)22(26)15-24(21-4-2-1-3-11-25(21)22)18-9-10-19-20(14-18)28-13-12-27-19;/h5-10,14,26H,1-4,11-13,15H2;1H/q+1;/p-1. The first-order chi connectivity index (χ1) is 13.6. The summed E-state index contributed by atoms with van der Waals surface area (Å²) in [5.74, 6) is 2.72. The number of hydrogen-bond acceptors (Lipinski definition) is 4. The third-order valence-corrected chi connectivity index (χ3v) is 6.13. The van der Waals surface area contributed by atoms with Gasteiger partial charge in [-0.1, -0.05) is 23.7 Å². The normalized spacial score (nSPS) is 23.3. The third-order valence-electron chi connectivity index (χ3n) is 5.87. The van der Waals surface area contributed by atoms with E-state index >= 15 is 0 Å². The fourth-order valence-corrected chi connectivity index (χ4v) is 4.60. The summed E-state index contributed by atoms with van der Waals surface area (Å²) in [4.78, 5) is 2.23. The molecule has 5 rings (SSSR count). The fourth-order valence-electron chi connectivity index (χ4n) is 4.47. The molecule has 0 saturated heterocycles. The van der Waals surface area contributed by atoms with Gasteiger partial charge in [0.25, 0.3) is 11.6 Å². The molecule has 0 aliphatic carbocycles. The molecular weight excluding hydrogens is 456 g/mol. The van der Waals surface area contributed by atoms with Crippen LogP contribution in [0, 0.1) is 0 Å². The number of aliphatic hydroxyl groups is 1. The molecule has 3 aliphatic rings. The highest BCUT2D eigenvalue weighted by molar-refractivity contribution is 6.30. The smallest absolute Gasteiger partial charge is 0.271 e. The van der Waals surface area contributed by atoms with Crippen LogP contribution < -0.4 is 31.4 Å². The van der Waals surface area contributed by atoms with Gasteiger partial charge in [-0.25, -0.2) is 9.48 Å². The molecule has 0 aromatic heterocycles. The first-order valence-corrected chi connectivity index (χ1v) is 10.3. The molecule has 0 saturated carbocycles. The first kappa shape index (κ1) is 20.5. The maximum Gasteiger partial charge on any atom is 0.271 e. The zero-order valence-electron chi connectivity index (χ0n) is 16.1. The van der Waals surface area contributed by atoms with Crippen molar-refractivity contribution in [3.05, 3.63) is 53.1 Å². The van der Waals surface area contributed by atoms with E-state index in [9.17, 15) is 5.11 Å². The second-order valence-electron chi connectivity index (χ2n) is 7.62. The van der Waals surface area contributed by atoms with E-state index in [0.717, 1.165) is 48.6 Å². The second kappa shape index (κ2) is 8.17. The van der Waals surface area contributed by atoms with Gasteiger partial charge in [0.2, 0.25) is 0 Å². The van der Waals surface area contributed by atoms with E-state index < -0.39 is 5.72 Å². The van der Waals surface area contributed by atoms with Crippen molar-refractivity contribution in [2.45, 2.75) is 31.4 Å². The van der Waals surface area contributed by atoms with Crippen molar-refractivity contribution >= 4 is 23.1 Å². The van der Waals surface area contributed by atoms with Gasteiger partial charge in [-0.15, -0.1) is 0 Å². The molecule has 2 aromatic rings. The molecule has 154 valence electrons. The molecule has 5 nitrogen and oxygen atoms in total.